The topological polar surface area (TPSA) is 69.7 Å². The SMILES string of the molecule is CC1C(=O)NCCCN1C(=O)c1cc(N2CCCC2=O)ccc1F. The summed E-state index contributed by atoms with van der Waals surface area (Å²) in [5, 5.41) is 2.73. The molecule has 1 aromatic carbocycles. The lowest BCUT2D eigenvalue weighted by atomic mass is 10.1. The zero-order chi connectivity index (χ0) is 17.3. The second-order valence-corrected chi connectivity index (χ2v) is 6.13. The van der Waals surface area contributed by atoms with E-state index in [2.05, 4.69) is 5.32 Å². The van der Waals surface area contributed by atoms with Gasteiger partial charge in [0, 0.05) is 31.7 Å². The monoisotopic (exact) mass is 333 g/mol. The average molecular weight is 333 g/mol. The van der Waals surface area contributed by atoms with Crippen molar-refractivity contribution >= 4 is 23.4 Å². The van der Waals surface area contributed by atoms with Crippen LogP contribution in [0.4, 0.5) is 10.1 Å². The highest BCUT2D eigenvalue weighted by Gasteiger charge is 2.31. The maximum Gasteiger partial charge on any atom is 0.257 e. The molecule has 0 aromatic heterocycles. The van der Waals surface area contributed by atoms with E-state index in [1.807, 2.05) is 0 Å². The van der Waals surface area contributed by atoms with E-state index in [0.717, 1.165) is 6.42 Å². The number of anilines is 1. The Morgan fingerprint density at radius 2 is 2.04 bits per heavy atom. The van der Waals surface area contributed by atoms with Gasteiger partial charge in [0.05, 0.1) is 5.56 Å². The first-order valence-electron chi connectivity index (χ1n) is 8.17. The Hall–Kier alpha value is -2.44. The van der Waals surface area contributed by atoms with Crippen molar-refractivity contribution < 1.29 is 18.8 Å². The van der Waals surface area contributed by atoms with E-state index in [0.29, 0.717) is 38.2 Å². The molecule has 1 aromatic rings. The van der Waals surface area contributed by atoms with Gasteiger partial charge in [0.1, 0.15) is 11.9 Å². The molecule has 2 heterocycles. The fourth-order valence-electron chi connectivity index (χ4n) is 3.14. The van der Waals surface area contributed by atoms with Crippen LogP contribution < -0.4 is 10.2 Å². The molecule has 3 rings (SSSR count). The first kappa shape index (κ1) is 16.4. The Labute approximate surface area is 139 Å². The van der Waals surface area contributed by atoms with E-state index in [9.17, 15) is 18.8 Å². The fourth-order valence-corrected chi connectivity index (χ4v) is 3.14. The first-order chi connectivity index (χ1) is 11.5. The van der Waals surface area contributed by atoms with Crippen LogP contribution in [-0.2, 0) is 9.59 Å². The smallest absolute Gasteiger partial charge is 0.257 e. The van der Waals surface area contributed by atoms with Gasteiger partial charge in [-0.05, 0) is 38.0 Å². The van der Waals surface area contributed by atoms with Gasteiger partial charge >= 0.3 is 0 Å². The van der Waals surface area contributed by atoms with Crippen molar-refractivity contribution in [1.82, 2.24) is 10.2 Å². The van der Waals surface area contributed by atoms with E-state index in [-0.39, 0.29) is 17.4 Å². The summed E-state index contributed by atoms with van der Waals surface area (Å²) in [5.74, 6) is -1.44. The third-order valence-corrected chi connectivity index (χ3v) is 4.55. The minimum absolute atomic E-state index is 0.0254. The lowest BCUT2D eigenvalue weighted by Crippen LogP contribution is -2.45. The molecule has 0 bridgehead atoms. The van der Waals surface area contributed by atoms with Crippen molar-refractivity contribution in [2.45, 2.75) is 32.2 Å². The second-order valence-electron chi connectivity index (χ2n) is 6.13. The van der Waals surface area contributed by atoms with Crippen LogP contribution in [0.25, 0.3) is 0 Å². The number of carbonyl (C=O) groups excluding carboxylic acids is 3. The Bertz CT molecular complexity index is 692. The highest BCUT2D eigenvalue weighted by molar-refractivity contribution is 6.00. The minimum atomic E-state index is -0.656. The third kappa shape index (κ3) is 2.98. The van der Waals surface area contributed by atoms with Gasteiger partial charge in [-0.15, -0.1) is 0 Å². The molecule has 0 spiro atoms. The largest absolute Gasteiger partial charge is 0.354 e. The van der Waals surface area contributed by atoms with E-state index in [1.165, 1.54) is 23.1 Å². The van der Waals surface area contributed by atoms with Crippen LogP contribution in [0.3, 0.4) is 0 Å². The van der Waals surface area contributed by atoms with Crippen LogP contribution in [0.15, 0.2) is 18.2 Å². The molecule has 0 radical (unpaired) electrons. The lowest BCUT2D eigenvalue weighted by molar-refractivity contribution is -0.124. The van der Waals surface area contributed by atoms with Crippen molar-refractivity contribution in [3.8, 4) is 0 Å². The molecular weight excluding hydrogens is 313 g/mol. The number of halogens is 1. The molecule has 1 atom stereocenters. The molecule has 0 saturated carbocycles. The number of rotatable bonds is 2. The summed E-state index contributed by atoms with van der Waals surface area (Å²) in [5.41, 5.74) is 0.419. The van der Waals surface area contributed by atoms with Gasteiger partial charge in [-0.1, -0.05) is 0 Å². The van der Waals surface area contributed by atoms with Crippen molar-refractivity contribution in [3.63, 3.8) is 0 Å². The van der Waals surface area contributed by atoms with Crippen LogP contribution >= 0.6 is 0 Å². The number of hydrogen-bond donors (Lipinski definition) is 1. The normalized spacial score (nSPS) is 21.7. The summed E-state index contributed by atoms with van der Waals surface area (Å²) in [7, 11) is 0. The number of nitrogens with zero attached hydrogens (tertiary/aromatic N) is 2. The molecular formula is C17H20FN3O3. The van der Waals surface area contributed by atoms with Crippen molar-refractivity contribution in [1.29, 1.82) is 0 Å². The zero-order valence-electron chi connectivity index (χ0n) is 13.5. The molecule has 24 heavy (non-hydrogen) atoms. The number of amides is 3. The Balaban J connectivity index is 1.91. The fraction of sp³-hybridized carbons (Fsp3) is 0.471. The van der Waals surface area contributed by atoms with Crippen LogP contribution in [0.2, 0.25) is 0 Å². The standard InChI is InChI=1S/C17H20FN3O3/c1-11-16(23)19-7-3-9-20(11)17(24)13-10-12(5-6-14(13)18)21-8-2-4-15(21)22/h5-6,10-11H,2-4,7-9H2,1H3,(H,19,23). The van der Waals surface area contributed by atoms with Gasteiger partial charge in [-0.25, -0.2) is 4.39 Å². The molecule has 1 unspecified atom stereocenters. The molecule has 128 valence electrons. The van der Waals surface area contributed by atoms with E-state index >= 15 is 0 Å². The molecule has 2 aliphatic rings. The van der Waals surface area contributed by atoms with Gasteiger partial charge in [0.25, 0.3) is 5.91 Å². The summed E-state index contributed by atoms with van der Waals surface area (Å²) in [6, 6.07) is 3.47. The number of hydrogen-bond acceptors (Lipinski definition) is 3. The summed E-state index contributed by atoms with van der Waals surface area (Å²) >= 11 is 0. The van der Waals surface area contributed by atoms with Crippen LogP contribution in [0.5, 0.6) is 0 Å². The third-order valence-electron chi connectivity index (χ3n) is 4.55. The first-order valence-corrected chi connectivity index (χ1v) is 8.17. The summed E-state index contributed by atoms with van der Waals surface area (Å²) in [4.78, 5) is 39.5. The van der Waals surface area contributed by atoms with Crippen LogP contribution in [0.1, 0.15) is 36.5 Å². The maximum atomic E-state index is 14.2. The highest BCUT2D eigenvalue weighted by atomic mass is 19.1. The molecule has 0 aliphatic carbocycles. The minimum Gasteiger partial charge on any atom is -0.354 e. The van der Waals surface area contributed by atoms with Crippen molar-refractivity contribution in [2.75, 3.05) is 24.5 Å². The van der Waals surface area contributed by atoms with Gasteiger partial charge < -0.3 is 15.1 Å². The van der Waals surface area contributed by atoms with Crippen molar-refractivity contribution in [3.05, 3.63) is 29.6 Å². The maximum absolute atomic E-state index is 14.2. The highest BCUT2D eigenvalue weighted by Crippen LogP contribution is 2.25. The van der Waals surface area contributed by atoms with E-state index in [4.69, 9.17) is 0 Å². The van der Waals surface area contributed by atoms with E-state index in [1.54, 1.807) is 11.8 Å². The molecule has 2 fully saturated rings. The number of carbonyl (C=O) groups is 3. The van der Waals surface area contributed by atoms with E-state index < -0.39 is 17.8 Å². The molecule has 6 nitrogen and oxygen atoms in total. The molecule has 7 heteroatoms. The Morgan fingerprint density at radius 1 is 1.25 bits per heavy atom. The second kappa shape index (κ2) is 6.59. The van der Waals surface area contributed by atoms with Gasteiger partial charge in [-0.3, -0.25) is 14.4 Å². The van der Waals surface area contributed by atoms with Gasteiger partial charge in [-0.2, -0.15) is 0 Å². The Kier molecular flexibility index (Phi) is 4.51. The zero-order valence-corrected chi connectivity index (χ0v) is 13.5. The summed E-state index contributed by atoms with van der Waals surface area (Å²) in [6.07, 6.45) is 1.83. The number of benzene rings is 1. The predicted molar refractivity (Wildman–Crippen MR) is 86.1 cm³/mol. The molecule has 1 N–H and O–H groups in total. The quantitative estimate of drug-likeness (QED) is 0.887. The molecule has 2 aliphatic heterocycles. The lowest BCUT2D eigenvalue weighted by Gasteiger charge is -2.26. The summed E-state index contributed by atoms with van der Waals surface area (Å²) in [6.45, 7) is 3.08. The number of nitrogens with one attached hydrogen (secondary N) is 1. The van der Waals surface area contributed by atoms with Crippen LogP contribution in [0, 0.1) is 5.82 Å². The average Bonchev–Trinajstić information content (AvgIpc) is 2.92. The molecule has 3 amide bonds. The Morgan fingerprint density at radius 3 is 2.75 bits per heavy atom. The summed E-state index contributed by atoms with van der Waals surface area (Å²) < 4.78 is 14.2. The van der Waals surface area contributed by atoms with Crippen LogP contribution in [-0.4, -0.2) is 48.3 Å². The van der Waals surface area contributed by atoms with Crippen molar-refractivity contribution in [2.24, 2.45) is 0 Å². The predicted octanol–water partition coefficient (Wildman–Crippen LogP) is 1.30. The molecule has 2 saturated heterocycles. The van der Waals surface area contributed by atoms with Gasteiger partial charge in [0.2, 0.25) is 11.8 Å². The van der Waals surface area contributed by atoms with Gasteiger partial charge in [0.15, 0.2) is 0 Å².